The number of hydrogen-bond acceptors (Lipinski definition) is 2. The van der Waals surface area contributed by atoms with Gasteiger partial charge in [0.05, 0.1) is 11.1 Å². The number of aromatic nitrogens is 1. The van der Waals surface area contributed by atoms with Gasteiger partial charge in [0.15, 0.2) is 5.82 Å². The van der Waals surface area contributed by atoms with Crippen molar-refractivity contribution in [2.24, 2.45) is 4.99 Å². The number of halogens is 2. The second-order valence-corrected chi connectivity index (χ2v) is 4.58. The van der Waals surface area contributed by atoms with Gasteiger partial charge in [-0.05, 0) is 31.4 Å². The van der Waals surface area contributed by atoms with Crippen molar-refractivity contribution in [1.29, 1.82) is 0 Å². The number of isocyanates is 1. The van der Waals surface area contributed by atoms with Gasteiger partial charge in [0.25, 0.3) is 0 Å². The zero-order chi connectivity index (χ0) is 12.8. The minimum absolute atomic E-state index is 0.118. The number of nitrogens with zero attached hydrogens (tertiary/aromatic N) is 1. The molecule has 0 bridgehead atoms. The third kappa shape index (κ3) is 1.34. The molecule has 18 heavy (non-hydrogen) atoms. The van der Waals surface area contributed by atoms with Crippen LogP contribution in [0.25, 0.3) is 10.9 Å². The fraction of sp³-hybridized carbons (Fsp3) is 0.308. The molecule has 0 amide bonds. The number of benzene rings is 1. The van der Waals surface area contributed by atoms with E-state index in [1.54, 1.807) is 12.3 Å². The maximum absolute atomic E-state index is 14.3. The maximum atomic E-state index is 14.3. The van der Waals surface area contributed by atoms with Gasteiger partial charge in [0.2, 0.25) is 6.08 Å². The Labute approximate surface area is 102 Å². The van der Waals surface area contributed by atoms with E-state index in [0.29, 0.717) is 18.2 Å². The van der Waals surface area contributed by atoms with E-state index >= 15 is 0 Å². The summed E-state index contributed by atoms with van der Waals surface area (Å²) in [7, 11) is 0. The normalized spacial score (nSPS) is 17.2. The van der Waals surface area contributed by atoms with Crippen LogP contribution in [0.2, 0.25) is 0 Å². The average molecular weight is 248 g/mol. The van der Waals surface area contributed by atoms with Gasteiger partial charge >= 0.3 is 0 Å². The van der Waals surface area contributed by atoms with Crippen LogP contribution in [0.4, 0.5) is 8.78 Å². The lowest BCUT2D eigenvalue weighted by Gasteiger charge is -2.37. The van der Waals surface area contributed by atoms with E-state index in [1.807, 2.05) is 0 Å². The predicted molar refractivity (Wildman–Crippen MR) is 61.9 cm³/mol. The van der Waals surface area contributed by atoms with Crippen LogP contribution in [-0.4, -0.2) is 11.1 Å². The van der Waals surface area contributed by atoms with Crippen LogP contribution in [-0.2, 0) is 10.3 Å². The molecule has 1 heterocycles. The molecule has 0 atom stereocenters. The molecule has 0 saturated heterocycles. The number of fused-ring (bicyclic) bond motifs is 1. The Hall–Kier alpha value is -2.00. The molecule has 1 saturated carbocycles. The van der Waals surface area contributed by atoms with E-state index in [1.165, 1.54) is 12.1 Å². The summed E-state index contributed by atoms with van der Waals surface area (Å²) < 4.78 is 28.4. The van der Waals surface area contributed by atoms with E-state index in [2.05, 4.69) is 9.98 Å². The van der Waals surface area contributed by atoms with Gasteiger partial charge < -0.3 is 4.98 Å². The number of rotatable bonds is 2. The standard InChI is InChI=1S/C13H10F2N2O/c14-9-6-8-2-5-16-12(8)11(15)10(9)13(17-7-18)3-1-4-13/h2,5-6,16H,1,3-4H2. The zero-order valence-corrected chi connectivity index (χ0v) is 9.46. The third-order valence-corrected chi connectivity index (χ3v) is 3.65. The van der Waals surface area contributed by atoms with E-state index in [-0.39, 0.29) is 11.1 Å². The summed E-state index contributed by atoms with van der Waals surface area (Å²) in [4.78, 5) is 16.9. The van der Waals surface area contributed by atoms with Crippen LogP contribution in [0.1, 0.15) is 24.8 Å². The lowest BCUT2D eigenvalue weighted by atomic mass is 9.72. The van der Waals surface area contributed by atoms with Crippen LogP contribution in [0.15, 0.2) is 23.3 Å². The summed E-state index contributed by atoms with van der Waals surface area (Å²) in [6.07, 6.45) is 4.73. The SMILES string of the molecule is O=C=NC1(c2c(F)cc3cc[nH]c3c2F)CCC1. The van der Waals surface area contributed by atoms with Crippen LogP contribution in [0.5, 0.6) is 0 Å². The van der Waals surface area contributed by atoms with Gasteiger partial charge in [-0.1, -0.05) is 0 Å². The van der Waals surface area contributed by atoms with Crippen LogP contribution >= 0.6 is 0 Å². The highest BCUT2D eigenvalue weighted by Gasteiger charge is 2.43. The molecule has 1 aliphatic carbocycles. The van der Waals surface area contributed by atoms with Gasteiger partial charge in [-0.25, -0.2) is 13.6 Å². The van der Waals surface area contributed by atoms with E-state index in [4.69, 9.17) is 0 Å². The Kier molecular flexibility index (Phi) is 2.31. The quantitative estimate of drug-likeness (QED) is 0.644. The lowest BCUT2D eigenvalue weighted by Crippen LogP contribution is -2.34. The van der Waals surface area contributed by atoms with Crippen molar-refractivity contribution in [3.63, 3.8) is 0 Å². The molecule has 0 radical (unpaired) electrons. The Morgan fingerprint density at radius 1 is 1.39 bits per heavy atom. The predicted octanol–water partition coefficient (Wildman–Crippen LogP) is 3.16. The topological polar surface area (TPSA) is 45.2 Å². The summed E-state index contributed by atoms with van der Waals surface area (Å²) >= 11 is 0. The van der Waals surface area contributed by atoms with Crippen molar-refractivity contribution in [1.82, 2.24) is 4.98 Å². The van der Waals surface area contributed by atoms with Crippen molar-refractivity contribution < 1.29 is 13.6 Å². The van der Waals surface area contributed by atoms with Gasteiger partial charge in [-0.15, -0.1) is 0 Å². The van der Waals surface area contributed by atoms with E-state index in [9.17, 15) is 13.6 Å². The number of aliphatic imine (C=N–C) groups is 1. The Morgan fingerprint density at radius 3 is 2.78 bits per heavy atom. The third-order valence-electron chi connectivity index (χ3n) is 3.65. The molecule has 0 spiro atoms. The molecule has 1 fully saturated rings. The molecule has 1 aromatic carbocycles. The molecule has 3 nitrogen and oxygen atoms in total. The summed E-state index contributed by atoms with van der Waals surface area (Å²) in [5.74, 6) is -1.31. The molecule has 3 rings (SSSR count). The highest BCUT2D eigenvalue weighted by atomic mass is 19.1. The fourth-order valence-corrected chi connectivity index (χ4v) is 2.57. The molecule has 92 valence electrons. The minimum Gasteiger partial charge on any atom is -0.359 e. The van der Waals surface area contributed by atoms with Crippen molar-refractivity contribution in [2.75, 3.05) is 0 Å². The van der Waals surface area contributed by atoms with E-state index in [0.717, 1.165) is 6.42 Å². The highest BCUT2D eigenvalue weighted by Crippen LogP contribution is 2.47. The van der Waals surface area contributed by atoms with Crippen LogP contribution < -0.4 is 0 Å². The van der Waals surface area contributed by atoms with E-state index < -0.39 is 17.2 Å². The van der Waals surface area contributed by atoms with Crippen molar-refractivity contribution in [3.05, 3.63) is 35.5 Å². The lowest BCUT2D eigenvalue weighted by molar-refractivity contribution is 0.239. The first-order valence-electron chi connectivity index (χ1n) is 5.72. The Morgan fingerprint density at radius 2 is 2.17 bits per heavy atom. The fourth-order valence-electron chi connectivity index (χ4n) is 2.57. The van der Waals surface area contributed by atoms with Crippen LogP contribution in [0.3, 0.4) is 0 Å². The largest absolute Gasteiger partial charge is 0.359 e. The summed E-state index contributed by atoms with van der Waals surface area (Å²) in [5, 5.41) is 0.471. The highest BCUT2D eigenvalue weighted by molar-refractivity contribution is 5.81. The van der Waals surface area contributed by atoms with Gasteiger partial charge in [0, 0.05) is 11.6 Å². The number of hydrogen-bond donors (Lipinski definition) is 1. The molecule has 2 aromatic rings. The molecular formula is C13H10F2N2O. The Bertz CT molecular complexity index is 667. The Balaban J connectivity index is 2.31. The maximum Gasteiger partial charge on any atom is 0.235 e. The minimum atomic E-state index is -1.06. The second kappa shape index (κ2) is 3.75. The number of H-pyrrole nitrogens is 1. The zero-order valence-electron chi connectivity index (χ0n) is 9.46. The molecule has 0 aliphatic heterocycles. The summed E-state index contributed by atoms with van der Waals surface area (Å²) in [6, 6.07) is 2.87. The number of aromatic amines is 1. The van der Waals surface area contributed by atoms with Gasteiger partial charge in [0.1, 0.15) is 11.4 Å². The van der Waals surface area contributed by atoms with Crippen molar-refractivity contribution >= 4 is 17.0 Å². The number of carbonyl (C=O) groups excluding carboxylic acids is 1. The molecule has 0 unspecified atom stereocenters. The van der Waals surface area contributed by atoms with Crippen molar-refractivity contribution in [3.8, 4) is 0 Å². The first-order valence-corrected chi connectivity index (χ1v) is 5.72. The summed E-state index contributed by atoms with van der Waals surface area (Å²) in [5.41, 5.74) is -0.930. The molecular weight excluding hydrogens is 238 g/mol. The smallest absolute Gasteiger partial charge is 0.235 e. The molecule has 1 N–H and O–H groups in total. The molecule has 1 aliphatic rings. The molecule has 5 heteroatoms. The monoisotopic (exact) mass is 248 g/mol. The first-order chi connectivity index (χ1) is 8.68. The van der Waals surface area contributed by atoms with Gasteiger partial charge in [-0.3, -0.25) is 0 Å². The van der Waals surface area contributed by atoms with Crippen LogP contribution in [0, 0.1) is 11.6 Å². The summed E-state index contributed by atoms with van der Waals surface area (Å²) in [6.45, 7) is 0. The number of nitrogens with one attached hydrogen (secondary N) is 1. The van der Waals surface area contributed by atoms with Crippen molar-refractivity contribution in [2.45, 2.75) is 24.8 Å². The average Bonchev–Trinajstić information content (AvgIpc) is 2.73. The first kappa shape index (κ1) is 11.1. The van der Waals surface area contributed by atoms with Gasteiger partial charge in [-0.2, -0.15) is 4.99 Å². The second-order valence-electron chi connectivity index (χ2n) is 4.58. The molecule has 1 aromatic heterocycles.